The first-order valence-electron chi connectivity index (χ1n) is 18.0. The first-order valence-corrected chi connectivity index (χ1v) is 18.0. The van der Waals surface area contributed by atoms with Crippen molar-refractivity contribution in [3.63, 3.8) is 0 Å². The normalized spacial score (nSPS) is 14.3. The molecule has 0 amide bonds. The molecule has 0 radical (unpaired) electrons. The number of para-hydroxylation sites is 2. The fourth-order valence-electron chi connectivity index (χ4n) is 8.29. The third-order valence-corrected chi connectivity index (χ3v) is 10.9. The Morgan fingerprint density at radius 3 is 1.72 bits per heavy atom. The van der Waals surface area contributed by atoms with Gasteiger partial charge in [-0.1, -0.05) is 146 Å². The van der Waals surface area contributed by atoms with Crippen molar-refractivity contribution in [2.24, 2.45) is 0 Å². The predicted molar refractivity (Wildman–Crippen MR) is 214 cm³/mol. The Labute approximate surface area is 298 Å². The molecular weight excluding hydrogens is 605 g/mol. The minimum absolute atomic E-state index is 0.00765. The lowest BCUT2D eigenvalue weighted by atomic mass is 9.30. The van der Waals surface area contributed by atoms with Crippen LogP contribution < -0.4 is 26.0 Å². The molecule has 0 fully saturated rings. The second kappa shape index (κ2) is 11.5. The second-order valence-electron chi connectivity index (χ2n) is 16.7. The molecule has 2 nitrogen and oxygen atoms in total. The Morgan fingerprint density at radius 2 is 1.12 bits per heavy atom. The van der Waals surface area contributed by atoms with Gasteiger partial charge >= 0.3 is 0 Å². The summed E-state index contributed by atoms with van der Waals surface area (Å²) >= 11 is 0. The molecule has 0 saturated heterocycles. The summed E-state index contributed by atoms with van der Waals surface area (Å²) in [5.74, 6) is 1.96. The molecule has 0 spiro atoms. The van der Waals surface area contributed by atoms with Crippen molar-refractivity contribution in [2.45, 2.75) is 71.6 Å². The van der Waals surface area contributed by atoms with Gasteiger partial charge in [-0.25, -0.2) is 0 Å². The number of nitrogens with zero attached hydrogens (tertiary/aromatic N) is 1. The highest BCUT2D eigenvalue weighted by atomic mass is 16.5. The van der Waals surface area contributed by atoms with Crippen LogP contribution in [0.2, 0.25) is 0 Å². The first-order chi connectivity index (χ1) is 23.8. The quantitative estimate of drug-likeness (QED) is 0.176. The Bertz CT molecular complexity index is 2180. The van der Waals surface area contributed by atoms with Crippen LogP contribution in [0, 0.1) is 0 Å². The molecule has 8 rings (SSSR count). The molecule has 0 unspecified atom stereocenters. The zero-order chi connectivity index (χ0) is 35.0. The smallest absolute Gasteiger partial charge is 0.251 e. The van der Waals surface area contributed by atoms with Crippen molar-refractivity contribution in [3.05, 3.63) is 156 Å². The standard InChI is InChI=1S/C47H46BNO/c1-45(2,3)33-22-27-41-40(30-33)48-39-29-32(21-25-37(39)47(7,8)43-38(46(4,5)6)26-28-42(50-41)44(43)48)31-19-23-36(24-20-31)49(34-15-11-9-12-16-34)35-17-13-10-14-18-35/h9-30H,1-8H3. The average Bonchev–Trinajstić information content (AvgIpc) is 3.10. The molecule has 6 aromatic rings. The van der Waals surface area contributed by atoms with Crippen LogP contribution in [0.1, 0.15) is 77.6 Å². The zero-order valence-corrected chi connectivity index (χ0v) is 30.6. The van der Waals surface area contributed by atoms with E-state index in [0.717, 1.165) is 28.6 Å². The van der Waals surface area contributed by atoms with E-state index in [2.05, 4.69) is 194 Å². The van der Waals surface area contributed by atoms with Gasteiger partial charge in [-0.05, 0) is 104 Å². The van der Waals surface area contributed by atoms with E-state index in [0.29, 0.717) is 0 Å². The molecule has 3 heteroatoms. The van der Waals surface area contributed by atoms with Gasteiger partial charge in [0, 0.05) is 22.5 Å². The number of hydrogen-bond acceptors (Lipinski definition) is 2. The third kappa shape index (κ3) is 5.26. The summed E-state index contributed by atoms with van der Waals surface area (Å²) in [5, 5.41) is 0. The molecule has 2 aliphatic heterocycles. The van der Waals surface area contributed by atoms with E-state index in [4.69, 9.17) is 4.74 Å². The molecule has 2 heterocycles. The van der Waals surface area contributed by atoms with Crippen LogP contribution in [0.5, 0.6) is 11.5 Å². The minimum Gasteiger partial charge on any atom is -0.458 e. The fourth-order valence-corrected chi connectivity index (χ4v) is 8.29. The van der Waals surface area contributed by atoms with Crippen LogP contribution in [0.25, 0.3) is 11.1 Å². The molecule has 0 saturated carbocycles. The summed E-state index contributed by atoms with van der Waals surface area (Å²) in [7, 11) is 0. The molecule has 248 valence electrons. The largest absolute Gasteiger partial charge is 0.458 e. The molecule has 0 N–H and O–H groups in total. The molecule has 0 atom stereocenters. The second-order valence-corrected chi connectivity index (χ2v) is 16.7. The van der Waals surface area contributed by atoms with Crippen molar-refractivity contribution in [3.8, 4) is 22.6 Å². The van der Waals surface area contributed by atoms with Crippen LogP contribution in [0.4, 0.5) is 17.1 Å². The van der Waals surface area contributed by atoms with Gasteiger partial charge in [0.25, 0.3) is 6.71 Å². The molecule has 6 aromatic carbocycles. The van der Waals surface area contributed by atoms with Gasteiger partial charge in [0.15, 0.2) is 0 Å². The molecule has 0 bridgehead atoms. The van der Waals surface area contributed by atoms with E-state index >= 15 is 0 Å². The summed E-state index contributed by atoms with van der Waals surface area (Å²) in [6, 6.07) is 48.9. The summed E-state index contributed by atoms with van der Waals surface area (Å²) in [6.45, 7) is 18.8. The number of benzene rings is 6. The lowest BCUT2D eigenvalue weighted by molar-refractivity contribution is 0.479. The van der Waals surface area contributed by atoms with E-state index < -0.39 is 0 Å². The maximum Gasteiger partial charge on any atom is 0.251 e. The van der Waals surface area contributed by atoms with Gasteiger partial charge in [0.2, 0.25) is 0 Å². The van der Waals surface area contributed by atoms with Crippen molar-refractivity contribution < 1.29 is 4.74 Å². The van der Waals surface area contributed by atoms with Crippen LogP contribution in [-0.2, 0) is 16.2 Å². The van der Waals surface area contributed by atoms with Crippen molar-refractivity contribution in [2.75, 3.05) is 4.90 Å². The zero-order valence-electron chi connectivity index (χ0n) is 30.6. The van der Waals surface area contributed by atoms with Gasteiger partial charge in [0.1, 0.15) is 11.5 Å². The molecule has 0 aromatic heterocycles. The molecular formula is C47H46BNO. The van der Waals surface area contributed by atoms with Gasteiger partial charge in [-0.2, -0.15) is 0 Å². The van der Waals surface area contributed by atoms with Gasteiger partial charge in [-0.3, -0.25) is 0 Å². The highest BCUT2D eigenvalue weighted by Gasteiger charge is 2.47. The van der Waals surface area contributed by atoms with E-state index in [1.807, 2.05) is 0 Å². The van der Waals surface area contributed by atoms with Crippen LogP contribution >= 0.6 is 0 Å². The number of hydrogen-bond donors (Lipinski definition) is 0. The monoisotopic (exact) mass is 651 g/mol. The number of anilines is 3. The maximum atomic E-state index is 6.79. The first kappa shape index (κ1) is 32.2. The average molecular weight is 652 g/mol. The van der Waals surface area contributed by atoms with Crippen molar-refractivity contribution in [1.29, 1.82) is 0 Å². The summed E-state index contributed by atoms with van der Waals surface area (Å²) in [6.07, 6.45) is 0. The highest BCUT2D eigenvalue weighted by molar-refractivity contribution is 6.98. The summed E-state index contributed by atoms with van der Waals surface area (Å²) in [5.41, 5.74) is 15.2. The van der Waals surface area contributed by atoms with E-state index in [1.54, 1.807) is 0 Å². The molecule has 2 aliphatic rings. The maximum absolute atomic E-state index is 6.79. The van der Waals surface area contributed by atoms with E-state index in [-0.39, 0.29) is 23.0 Å². The topological polar surface area (TPSA) is 12.5 Å². The van der Waals surface area contributed by atoms with E-state index in [1.165, 1.54) is 49.8 Å². The van der Waals surface area contributed by atoms with Crippen molar-refractivity contribution >= 4 is 40.2 Å². The third-order valence-electron chi connectivity index (χ3n) is 10.9. The van der Waals surface area contributed by atoms with Crippen LogP contribution in [0.3, 0.4) is 0 Å². The van der Waals surface area contributed by atoms with Gasteiger partial charge in [0.05, 0.1) is 0 Å². The predicted octanol–water partition coefficient (Wildman–Crippen LogP) is 10.7. The lowest BCUT2D eigenvalue weighted by Gasteiger charge is -2.45. The summed E-state index contributed by atoms with van der Waals surface area (Å²) in [4.78, 5) is 2.32. The van der Waals surface area contributed by atoms with E-state index in [9.17, 15) is 0 Å². The minimum atomic E-state index is -0.198. The highest BCUT2D eigenvalue weighted by Crippen LogP contribution is 2.44. The number of ether oxygens (including phenoxy) is 1. The Hall–Kier alpha value is -5.02. The summed E-state index contributed by atoms with van der Waals surface area (Å²) < 4.78 is 6.79. The Kier molecular flexibility index (Phi) is 7.42. The SMILES string of the molecule is CC(C)(C)c1ccc2c(c1)B1c3cc(-c4ccc(N(c5ccccc5)c5ccccc5)cc4)ccc3C(C)(C)c3c(C(C)(C)C)ccc(c31)O2. The lowest BCUT2D eigenvalue weighted by Crippen LogP contribution is -2.63. The van der Waals surface area contributed by atoms with Gasteiger partial charge < -0.3 is 9.64 Å². The van der Waals surface area contributed by atoms with Gasteiger partial charge in [-0.15, -0.1) is 0 Å². The fraction of sp³-hybridized carbons (Fsp3) is 0.234. The molecule has 0 aliphatic carbocycles. The van der Waals surface area contributed by atoms with Crippen molar-refractivity contribution in [1.82, 2.24) is 0 Å². The van der Waals surface area contributed by atoms with Crippen LogP contribution in [0.15, 0.2) is 133 Å². The Morgan fingerprint density at radius 1 is 0.540 bits per heavy atom. The number of rotatable bonds is 4. The van der Waals surface area contributed by atoms with Crippen LogP contribution in [-0.4, -0.2) is 6.71 Å². The number of fused-ring (bicyclic) bond motifs is 4. The Balaban J connectivity index is 1.29. The molecule has 50 heavy (non-hydrogen) atoms.